The van der Waals surface area contributed by atoms with Crippen LogP contribution in [0.1, 0.15) is 47.0 Å². The molecule has 0 N–H and O–H groups in total. The van der Waals surface area contributed by atoms with Gasteiger partial charge < -0.3 is 9.47 Å². The highest BCUT2D eigenvalue weighted by Gasteiger charge is 2.45. The second kappa shape index (κ2) is 8.73. The Balaban J connectivity index is 4.71. The van der Waals surface area contributed by atoms with Crippen LogP contribution in [-0.4, -0.2) is 25.2 Å². The van der Waals surface area contributed by atoms with E-state index in [2.05, 4.69) is 20.4 Å². The predicted octanol–water partition coefficient (Wildman–Crippen LogP) is 3.11. The van der Waals surface area contributed by atoms with E-state index in [1.165, 1.54) is 6.08 Å². The van der Waals surface area contributed by atoms with E-state index in [1.807, 2.05) is 0 Å². The zero-order valence-corrected chi connectivity index (χ0v) is 12.5. The first-order valence-electron chi connectivity index (χ1n) is 6.89. The molecule has 0 atom stereocenters. The van der Waals surface area contributed by atoms with E-state index in [-0.39, 0.29) is 6.61 Å². The molecule has 0 fully saturated rings. The Morgan fingerprint density at radius 2 is 1.68 bits per heavy atom. The molecule has 0 aliphatic carbocycles. The molecule has 0 aromatic carbocycles. The molecule has 0 saturated carbocycles. The van der Waals surface area contributed by atoms with Gasteiger partial charge in [0.05, 0.1) is 6.61 Å². The molecule has 0 rings (SSSR count). The summed E-state index contributed by atoms with van der Waals surface area (Å²) in [6.45, 7) is 11.6. The molecule has 0 unspecified atom stereocenters. The summed E-state index contributed by atoms with van der Waals surface area (Å²) in [5.41, 5.74) is -1.18. The van der Waals surface area contributed by atoms with E-state index in [0.29, 0.717) is 25.4 Å². The lowest BCUT2D eigenvalue weighted by Gasteiger charge is -2.26. The van der Waals surface area contributed by atoms with Crippen molar-refractivity contribution in [3.05, 3.63) is 12.7 Å². The molecule has 0 aromatic rings. The van der Waals surface area contributed by atoms with Gasteiger partial charge in [0.25, 0.3) is 0 Å². The molecular formula is C15H26O4. The Morgan fingerprint density at radius 1 is 1.16 bits per heavy atom. The summed E-state index contributed by atoms with van der Waals surface area (Å²) < 4.78 is 10.3. The van der Waals surface area contributed by atoms with Crippen molar-refractivity contribution >= 4 is 11.9 Å². The summed E-state index contributed by atoms with van der Waals surface area (Å²) in [7, 11) is 0. The summed E-state index contributed by atoms with van der Waals surface area (Å²) in [5.74, 6) is -0.544. The lowest BCUT2D eigenvalue weighted by molar-refractivity contribution is -0.172. The number of ether oxygens (including phenoxy) is 2. The second-order valence-corrected chi connectivity index (χ2v) is 4.99. The average molecular weight is 270 g/mol. The summed E-state index contributed by atoms with van der Waals surface area (Å²) in [6, 6.07) is 0. The van der Waals surface area contributed by atoms with Crippen molar-refractivity contribution in [3.63, 3.8) is 0 Å². The van der Waals surface area contributed by atoms with Crippen LogP contribution in [0.3, 0.4) is 0 Å². The summed E-state index contributed by atoms with van der Waals surface area (Å²) in [4.78, 5) is 24.2. The number of hydrogen-bond acceptors (Lipinski definition) is 4. The Kier molecular flexibility index (Phi) is 8.12. The normalized spacial score (nSPS) is 11.2. The summed E-state index contributed by atoms with van der Waals surface area (Å²) >= 11 is 0. The van der Waals surface area contributed by atoms with E-state index in [9.17, 15) is 9.59 Å². The lowest BCUT2D eigenvalue weighted by Crippen LogP contribution is -2.41. The molecule has 0 aliphatic rings. The van der Waals surface area contributed by atoms with Gasteiger partial charge in [0.2, 0.25) is 0 Å². The van der Waals surface area contributed by atoms with Gasteiger partial charge >= 0.3 is 11.9 Å². The average Bonchev–Trinajstić information content (AvgIpc) is 2.38. The van der Waals surface area contributed by atoms with Crippen molar-refractivity contribution in [3.8, 4) is 0 Å². The molecule has 110 valence electrons. The third-order valence-electron chi connectivity index (χ3n) is 3.25. The van der Waals surface area contributed by atoms with E-state index in [1.54, 1.807) is 13.8 Å². The zero-order chi connectivity index (χ0) is 14.9. The molecule has 4 heteroatoms. The van der Waals surface area contributed by atoms with Crippen molar-refractivity contribution in [2.45, 2.75) is 47.0 Å². The molecule has 4 nitrogen and oxygen atoms in total. The van der Waals surface area contributed by atoms with Crippen molar-refractivity contribution in [2.75, 3.05) is 13.2 Å². The summed E-state index contributed by atoms with van der Waals surface area (Å²) in [6.07, 6.45) is 3.02. The third-order valence-corrected chi connectivity index (χ3v) is 3.25. The minimum atomic E-state index is -1.18. The zero-order valence-electron chi connectivity index (χ0n) is 12.5. The van der Waals surface area contributed by atoms with Crippen LogP contribution in [0.2, 0.25) is 0 Å². The van der Waals surface area contributed by atoms with E-state index in [0.717, 1.165) is 6.42 Å². The maximum atomic E-state index is 12.2. The van der Waals surface area contributed by atoms with E-state index < -0.39 is 17.4 Å². The maximum absolute atomic E-state index is 12.2. The maximum Gasteiger partial charge on any atom is 0.323 e. The Morgan fingerprint density at radius 3 is 2.11 bits per heavy atom. The lowest BCUT2D eigenvalue weighted by atomic mass is 9.82. The van der Waals surface area contributed by atoms with Crippen LogP contribution < -0.4 is 0 Å². The van der Waals surface area contributed by atoms with Crippen molar-refractivity contribution in [1.29, 1.82) is 0 Å². The molecule has 0 aliphatic heterocycles. The van der Waals surface area contributed by atoms with Crippen LogP contribution >= 0.6 is 0 Å². The Hall–Kier alpha value is -1.32. The van der Waals surface area contributed by atoms with Gasteiger partial charge in [-0.2, -0.15) is 0 Å². The number of rotatable bonds is 9. The van der Waals surface area contributed by atoms with Gasteiger partial charge in [0.1, 0.15) is 6.61 Å². The monoisotopic (exact) mass is 270 g/mol. The highest BCUT2D eigenvalue weighted by molar-refractivity contribution is 6.00. The number of carbonyl (C=O) groups excluding carboxylic acids is 2. The molecule has 0 aromatic heterocycles. The second-order valence-electron chi connectivity index (χ2n) is 4.99. The first-order chi connectivity index (χ1) is 8.94. The summed E-state index contributed by atoms with van der Waals surface area (Å²) in [5, 5.41) is 0. The van der Waals surface area contributed by atoms with Crippen LogP contribution in [0.15, 0.2) is 12.7 Å². The molecular weight excluding hydrogens is 244 g/mol. The highest BCUT2D eigenvalue weighted by Crippen LogP contribution is 2.30. The van der Waals surface area contributed by atoms with Crippen LogP contribution in [-0.2, 0) is 19.1 Å². The quantitative estimate of drug-likeness (QED) is 0.367. The Bertz CT molecular complexity index is 303. The topological polar surface area (TPSA) is 52.6 Å². The van der Waals surface area contributed by atoms with Crippen molar-refractivity contribution in [2.24, 2.45) is 11.3 Å². The van der Waals surface area contributed by atoms with Gasteiger partial charge in [0.15, 0.2) is 5.41 Å². The number of hydrogen-bond donors (Lipinski definition) is 0. The van der Waals surface area contributed by atoms with Gasteiger partial charge in [-0.3, -0.25) is 9.59 Å². The first kappa shape index (κ1) is 17.7. The van der Waals surface area contributed by atoms with Gasteiger partial charge in [-0.1, -0.05) is 40.3 Å². The van der Waals surface area contributed by atoms with Gasteiger partial charge in [-0.05, 0) is 25.2 Å². The Labute approximate surface area is 116 Å². The van der Waals surface area contributed by atoms with Crippen molar-refractivity contribution < 1.29 is 19.1 Å². The molecule has 19 heavy (non-hydrogen) atoms. The molecule has 0 saturated heterocycles. The van der Waals surface area contributed by atoms with Crippen LogP contribution in [0.4, 0.5) is 0 Å². The fraction of sp³-hybridized carbons (Fsp3) is 0.733. The number of esters is 2. The van der Waals surface area contributed by atoms with Gasteiger partial charge in [-0.25, -0.2) is 0 Å². The van der Waals surface area contributed by atoms with Crippen LogP contribution in [0.25, 0.3) is 0 Å². The largest absolute Gasteiger partial charge is 0.465 e. The first-order valence-corrected chi connectivity index (χ1v) is 6.89. The third kappa shape index (κ3) is 5.05. The number of carbonyl (C=O) groups is 2. The fourth-order valence-corrected chi connectivity index (χ4v) is 1.71. The molecule has 0 spiro atoms. The molecule has 0 amide bonds. The van der Waals surface area contributed by atoms with Crippen molar-refractivity contribution in [1.82, 2.24) is 0 Å². The van der Waals surface area contributed by atoms with Gasteiger partial charge in [0, 0.05) is 0 Å². The molecule has 0 heterocycles. The predicted molar refractivity (Wildman–Crippen MR) is 74.6 cm³/mol. The fourth-order valence-electron chi connectivity index (χ4n) is 1.71. The van der Waals surface area contributed by atoms with Gasteiger partial charge in [-0.15, -0.1) is 0 Å². The molecule has 0 bridgehead atoms. The minimum Gasteiger partial charge on any atom is -0.465 e. The standard InChI is InChI=1S/C15H26O4/c1-6-10-18-13(16)15(7-2,8-3)14(17)19-11-9-12(4)5/h6,12H,1,7-11H2,2-5H3. The van der Waals surface area contributed by atoms with Crippen LogP contribution in [0.5, 0.6) is 0 Å². The minimum absolute atomic E-state index is 0.111. The van der Waals surface area contributed by atoms with E-state index in [4.69, 9.17) is 9.47 Å². The van der Waals surface area contributed by atoms with Crippen LogP contribution in [0, 0.1) is 11.3 Å². The SMILES string of the molecule is C=CCOC(=O)C(CC)(CC)C(=O)OCCC(C)C. The smallest absolute Gasteiger partial charge is 0.323 e. The molecule has 0 radical (unpaired) electrons. The van der Waals surface area contributed by atoms with E-state index >= 15 is 0 Å². The highest BCUT2D eigenvalue weighted by atomic mass is 16.6.